The van der Waals surface area contributed by atoms with E-state index in [1.807, 2.05) is 0 Å². The van der Waals surface area contributed by atoms with Crippen molar-refractivity contribution in [3.63, 3.8) is 0 Å². The summed E-state index contributed by atoms with van der Waals surface area (Å²) in [7, 11) is -0.988. The number of nitrogens with one attached hydrogen (secondary N) is 1. The lowest BCUT2D eigenvalue weighted by Gasteiger charge is -2.28. The van der Waals surface area contributed by atoms with Crippen LogP contribution in [0.4, 0.5) is 0 Å². The summed E-state index contributed by atoms with van der Waals surface area (Å²) in [5.41, 5.74) is 0. The summed E-state index contributed by atoms with van der Waals surface area (Å²) < 4.78 is 27.1. The first-order chi connectivity index (χ1) is 7.58. The lowest BCUT2D eigenvalue weighted by Crippen LogP contribution is -2.34. The van der Waals surface area contributed by atoms with Gasteiger partial charge < -0.3 is 4.90 Å². The van der Waals surface area contributed by atoms with Gasteiger partial charge in [0.1, 0.15) is 0 Å². The van der Waals surface area contributed by atoms with E-state index in [-0.39, 0.29) is 0 Å². The molecule has 2 aliphatic rings. The van der Waals surface area contributed by atoms with Crippen LogP contribution in [-0.4, -0.2) is 57.4 Å². The van der Waals surface area contributed by atoms with Crippen LogP contribution in [0.2, 0.25) is 0 Å². The molecule has 0 spiro atoms. The Bertz CT molecular complexity index is 319. The largest absolute Gasteiger partial charge is 0.306 e. The van der Waals surface area contributed by atoms with Gasteiger partial charge in [-0.25, -0.2) is 4.72 Å². The van der Waals surface area contributed by atoms with Crippen molar-refractivity contribution in [3.8, 4) is 0 Å². The van der Waals surface area contributed by atoms with Gasteiger partial charge in [-0.2, -0.15) is 12.7 Å². The van der Waals surface area contributed by atoms with E-state index in [1.165, 1.54) is 17.1 Å². The third kappa shape index (κ3) is 3.41. The predicted molar refractivity (Wildman–Crippen MR) is 63.3 cm³/mol. The molecule has 2 fully saturated rings. The minimum Gasteiger partial charge on any atom is -0.306 e. The van der Waals surface area contributed by atoms with E-state index < -0.39 is 10.2 Å². The molecule has 6 heteroatoms. The van der Waals surface area contributed by atoms with Crippen molar-refractivity contribution in [2.75, 3.05) is 39.8 Å². The van der Waals surface area contributed by atoms with Crippen molar-refractivity contribution in [1.29, 1.82) is 0 Å². The first-order valence-corrected chi connectivity index (χ1v) is 7.45. The molecule has 0 radical (unpaired) electrons. The molecule has 0 aromatic rings. The average Bonchev–Trinajstić information content (AvgIpc) is 3.04. The molecule has 16 heavy (non-hydrogen) atoms. The van der Waals surface area contributed by atoms with Crippen LogP contribution >= 0.6 is 0 Å². The third-order valence-corrected chi connectivity index (χ3v) is 5.04. The van der Waals surface area contributed by atoms with Gasteiger partial charge in [0.05, 0.1) is 0 Å². The van der Waals surface area contributed by atoms with Crippen LogP contribution in [0.25, 0.3) is 0 Å². The smallest absolute Gasteiger partial charge is 0.279 e. The van der Waals surface area contributed by atoms with E-state index in [0.717, 1.165) is 19.5 Å². The predicted octanol–water partition coefficient (Wildman–Crippen LogP) is -0.132. The molecule has 1 N–H and O–H groups in total. The standard InChI is InChI=1S/C10H21N3O2S/c1-12-6-3-10(4-7-12)2-5-11-16(14,15)13-8-9-13/h10-11H,2-9H2,1H3. The highest BCUT2D eigenvalue weighted by atomic mass is 32.2. The molecule has 0 aromatic heterocycles. The number of nitrogens with zero attached hydrogens (tertiary/aromatic N) is 2. The summed E-state index contributed by atoms with van der Waals surface area (Å²) in [5, 5.41) is 0. The highest BCUT2D eigenvalue weighted by Crippen LogP contribution is 2.19. The highest BCUT2D eigenvalue weighted by Gasteiger charge is 2.31. The molecule has 2 rings (SSSR count). The van der Waals surface area contributed by atoms with Crippen molar-refractivity contribution in [2.45, 2.75) is 19.3 Å². The summed E-state index contributed by atoms with van der Waals surface area (Å²) in [4.78, 5) is 2.33. The normalized spacial score (nSPS) is 24.8. The van der Waals surface area contributed by atoms with Crippen LogP contribution < -0.4 is 4.72 Å². The van der Waals surface area contributed by atoms with Crippen LogP contribution in [0, 0.1) is 5.92 Å². The summed E-state index contributed by atoms with van der Waals surface area (Å²) in [5.74, 6) is 0.688. The zero-order chi connectivity index (χ0) is 11.6. The Morgan fingerprint density at radius 1 is 1.19 bits per heavy atom. The summed E-state index contributed by atoms with van der Waals surface area (Å²) in [6.07, 6.45) is 3.37. The fourth-order valence-corrected chi connectivity index (χ4v) is 3.24. The summed E-state index contributed by atoms with van der Waals surface area (Å²) in [6.45, 7) is 4.24. The van der Waals surface area contributed by atoms with Crippen LogP contribution in [0.5, 0.6) is 0 Å². The Morgan fingerprint density at radius 3 is 2.38 bits per heavy atom. The van der Waals surface area contributed by atoms with Gasteiger partial charge in [0.25, 0.3) is 10.2 Å². The van der Waals surface area contributed by atoms with Crippen molar-refractivity contribution < 1.29 is 8.42 Å². The molecule has 2 aliphatic heterocycles. The third-order valence-electron chi connectivity index (χ3n) is 3.42. The zero-order valence-electron chi connectivity index (χ0n) is 9.85. The lowest BCUT2D eigenvalue weighted by atomic mass is 9.94. The van der Waals surface area contributed by atoms with E-state index in [9.17, 15) is 8.42 Å². The summed E-state index contributed by atoms with van der Waals surface area (Å²) in [6, 6.07) is 0. The van der Waals surface area contributed by atoms with Crippen molar-refractivity contribution in [2.24, 2.45) is 5.92 Å². The number of piperidine rings is 1. The van der Waals surface area contributed by atoms with Gasteiger partial charge >= 0.3 is 0 Å². The van der Waals surface area contributed by atoms with E-state index in [1.54, 1.807) is 0 Å². The van der Waals surface area contributed by atoms with Crippen molar-refractivity contribution in [3.05, 3.63) is 0 Å². The molecule has 2 heterocycles. The quantitative estimate of drug-likeness (QED) is 0.689. The fourth-order valence-electron chi connectivity index (χ4n) is 2.12. The first kappa shape index (κ1) is 12.3. The topological polar surface area (TPSA) is 52.4 Å². The molecule has 0 bridgehead atoms. The van der Waals surface area contributed by atoms with E-state index >= 15 is 0 Å². The van der Waals surface area contributed by atoms with Gasteiger partial charge in [-0.15, -0.1) is 0 Å². The van der Waals surface area contributed by atoms with E-state index in [2.05, 4.69) is 16.7 Å². The molecule has 0 amide bonds. The van der Waals surface area contributed by atoms with Gasteiger partial charge in [0, 0.05) is 19.6 Å². The van der Waals surface area contributed by atoms with Crippen LogP contribution in [0.3, 0.4) is 0 Å². The number of likely N-dealkylation sites (tertiary alicyclic amines) is 1. The zero-order valence-corrected chi connectivity index (χ0v) is 10.7. The average molecular weight is 247 g/mol. The maximum Gasteiger partial charge on any atom is 0.279 e. The molecular formula is C10H21N3O2S. The number of hydrogen-bond donors (Lipinski definition) is 1. The molecule has 5 nitrogen and oxygen atoms in total. The van der Waals surface area contributed by atoms with Gasteiger partial charge in [-0.1, -0.05) is 0 Å². The number of rotatable bonds is 5. The minimum absolute atomic E-state index is 0.590. The maximum atomic E-state index is 11.5. The second-order valence-corrected chi connectivity index (χ2v) is 6.59. The maximum absolute atomic E-state index is 11.5. The van der Waals surface area contributed by atoms with Gasteiger partial charge in [0.2, 0.25) is 0 Å². The Balaban J connectivity index is 1.64. The van der Waals surface area contributed by atoms with E-state index in [4.69, 9.17) is 0 Å². The number of hydrogen-bond acceptors (Lipinski definition) is 3. The highest BCUT2D eigenvalue weighted by molar-refractivity contribution is 7.87. The Hall–Kier alpha value is -0.170. The molecule has 0 aliphatic carbocycles. The molecule has 0 aromatic carbocycles. The molecule has 94 valence electrons. The fraction of sp³-hybridized carbons (Fsp3) is 1.00. The van der Waals surface area contributed by atoms with Gasteiger partial charge in [0.15, 0.2) is 0 Å². The van der Waals surface area contributed by atoms with Crippen molar-refractivity contribution >= 4 is 10.2 Å². The molecule has 0 unspecified atom stereocenters. The Labute approximate surface area is 98.0 Å². The SMILES string of the molecule is CN1CCC(CCNS(=O)(=O)N2CC2)CC1. The van der Waals surface area contributed by atoms with Crippen molar-refractivity contribution in [1.82, 2.24) is 13.9 Å². The first-order valence-electron chi connectivity index (χ1n) is 6.01. The second-order valence-electron chi connectivity index (χ2n) is 4.83. The van der Waals surface area contributed by atoms with Crippen LogP contribution in [-0.2, 0) is 10.2 Å². The van der Waals surface area contributed by atoms with Gasteiger partial charge in [-0.05, 0) is 45.3 Å². The minimum atomic E-state index is -3.13. The molecule has 0 atom stereocenters. The summed E-state index contributed by atoms with van der Waals surface area (Å²) >= 11 is 0. The molecule has 0 saturated carbocycles. The molecular weight excluding hydrogens is 226 g/mol. The Morgan fingerprint density at radius 2 is 1.81 bits per heavy atom. The van der Waals surface area contributed by atoms with Gasteiger partial charge in [-0.3, -0.25) is 0 Å². The lowest BCUT2D eigenvalue weighted by molar-refractivity contribution is 0.213. The van der Waals surface area contributed by atoms with Crippen LogP contribution in [0.1, 0.15) is 19.3 Å². The van der Waals surface area contributed by atoms with E-state index in [0.29, 0.717) is 25.6 Å². The monoisotopic (exact) mass is 247 g/mol. The Kier molecular flexibility index (Phi) is 3.84. The molecule has 2 saturated heterocycles. The second kappa shape index (κ2) is 5.00. The van der Waals surface area contributed by atoms with Crippen LogP contribution in [0.15, 0.2) is 0 Å².